The van der Waals surface area contributed by atoms with E-state index in [1.807, 2.05) is 6.92 Å². The maximum Gasteiger partial charge on any atom is 0.198 e. The number of hydrogen-bond acceptors (Lipinski definition) is 5. The van der Waals surface area contributed by atoms with Gasteiger partial charge in [0.05, 0.1) is 23.9 Å². The highest BCUT2D eigenvalue weighted by Crippen LogP contribution is 2.72. The number of aliphatic hydroxyl groups excluding tert-OH is 2. The van der Waals surface area contributed by atoms with Crippen LogP contribution in [0.2, 0.25) is 0 Å². The number of aliphatic hydroxyl groups is 3. The van der Waals surface area contributed by atoms with Gasteiger partial charge in [0, 0.05) is 12.3 Å². The Bertz CT molecular complexity index is 825. The molecule has 2 saturated heterocycles. The van der Waals surface area contributed by atoms with Crippen LogP contribution in [0.15, 0.2) is 0 Å². The normalized spacial score (nSPS) is 63.7. The van der Waals surface area contributed by atoms with Crippen LogP contribution < -0.4 is 0 Å². The van der Waals surface area contributed by atoms with E-state index in [-0.39, 0.29) is 40.7 Å². The lowest BCUT2D eigenvalue weighted by molar-refractivity contribution is -0.300. The summed E-state index contributed by atoms with van der Waals surface area (Å²) in [5.41, 5.74) is -1.45. The topological polar surface area (TPSA) is 79.2 Å². The lowest BCUT2D eigenvalue weighted by Gasteiger charge is -2.63. The van der Waals surface area contributed by atoms with Gasteiger partial charge in [-0.15, -0.1) is 0 Å². The minimum Gasteiger partial charge on any atom is -0.393 e. The van der Waals surface area contributed by atoms with Crippen molar-refractivity contribution in [2.24, 2.45) is 46.3 Å². The average molecular weight is 463 g/mol. The van der Waals surface area contributed by atoms with Crippen molar-refractivity contribution in [3.63, 3.8) is 0 Å². The van der Waals surface area contributed by atoms with Crippen molar-refractivity contribution in [2.45, 2.75) is 128 Å². The molecule has 0 aromatic heterocycles. The van der Waals surface area contributed by atoms with Crippen molar-refractivity contribution in [3.05, 3.63) is 0 Å². The van der Waals surface area contributed by atoms with E-state index in [0.29, 0.717) is 29.6 Å². The van der Waals surface area contributed by atoms with Gasteiger partial charge in [0.1, 0.15) is 5.60 Å². The van der Waals surface area contributed by atoms with Crippen molar-refractivity contribution < 1.29 is 24.8 Å². The summed E-state index contributed by atoms with van der Waals surface area (Å²) in [6.45, 7) is 13.1. The monoisotopic (exact) mass is 462 g/mol. The Hall–Kier alpha value is -0.200. The van der Waals surface area contributed by atoms with Crippen molar-refractivity contribution in [3.8, 4) is 0 Å². The summed E-state index contributed by atoms with van der Waals surface area (Å²) < 4.78 is 13.3. The van der Waals surface area contributed by atoms with Crippen LogP contribution in [-0.4, -0.2) is 50.6 Å². The van der Waals surface area contributed by atoms with Crippen LogP contribution in [0, 0.1) is 46.3 Å². The second-order valence-corrected chi connectivity index (χ2v) is 14.4. The molecule has 4 aliphatic carbocycles. The zero-order valence-corrected chi connectivity index (χ0v) is 21.5. The van der Waals surface area contributed by atoms with Crippen LogP contribution in [0.25, 0.3) is 0 Å². The molecule has 33 heavy (non-hydrogen) atoms. The van der Waals surface area contributed by atoms with Crippen molar-refractivity contribution in [2.75, 3.05) is 0 Å². The van der Waals surface area contributed by atoms with E-state index in [1.165, 1.54) is 0 Å². The summed E-state index contributed by atoms with van der Waals surface area (Å²) in [6.07, 6.45) is 6.94. The molecule has 6 aliphatic rings. The summed E-state index contributed by atoms with van der Waals surface area (Å²) in [4.78, 5) is 0. The van der Waals surface area contributed by atoms with Gasteiger partial charge in [0.15, 0.2) is 5.79 Å². The summed E-state index contributed by atoms with van der Waals surface area (Å²) >= 11 is 0. The molecule has 2 aliphatic heterocycles. The van der Waals surface area contributed by atoms with E-state index in [2.05, 4.69) is 34.6 Å². The lowest BCUT2D eigenvalue weighted by Crippen LogP contribution is -2.62. The third kappa shape index (κ3) is 2.78. The van der Waals surface area contributed by atoms with Gasteiger partial charge >= 0.3 is 0 Å². The van der Waals surface area contributed by atoms with E-state index in [4.69, 9.17) is 9.47 Å². The van der Waals surface area contributed by atoms with Crippen LogP contribution in [0.3, 0.4) is 0 Å². The molecule has 6 rings (SSSR count). The smallest absolute Gasteiger partial charge is 0.198 e. The quantitative estimate of drug-likeness (QED) is 0.501. The Kier molecular flexibility index (Phi) is 4.76. The molecule has 0 bridgehead atoms. The Morgan fingerprint density at radius 1 is 0.879 bits per heavy atom. The fourth-order valence-corrected chi connectivity index (χ4v) is 10.7. The van der Waals surface area contributed by atoms with Gasteiger partial charge in [-0.05, 0) is 106 Å². The zero-order chi connectivity index (χ0) is 23.8. The molecular formula is C28H46O5. The van der Waals surface area contributed by atoms with E-state index in [1.54, 1.807) is 0 Å². The fraction of sp³-hybridized carbons (Fsp3) is 1.00. The highest BCUT2D eigenvalue weighted by molar-refractivity contribution is 5.22. The molecule has 3 N–H and O–H groups in total. The van der Waals surface area contributed by atoms with Crippen molar-refractivity contribution in [1.82, 2.24) is 0 Å². The SMILES string of the molecule is C[C@H]1C[C@]2(O[C@@H]3C[C@H]4[C@@H]5CC[C@H]6C[C@H](O)CC[C@]6(C)[C@H]5[C@@H](O)C[C@]4(C)[C@H]3[C@@]2(C)O)OC1(C)C. The van der Waals surface area contributed by atoms with E-state index in [9.17, 15) is 15.3 Å². The molecule has 4 saturated carbocycles. The van der Waals surface area contributed by atoms with Gasteiger partial charge in [-0.25, -0.2) is 0 Å². The average Bonchev–Trinajstić information content (AvgIpc) is 3.20. The first kappa shape index (κ1) is 23.2. The number of ether oxygens (including phenoxy) is 2. The summed E-state index contributed by atoms with van der Waals surface area (Å²) in [5, 5.41) is 34.2. The maximum atomic E-state index is 12.2. The lowest BCUT2D eigenvalue weighted by atomic mass is 9.43. The first-order valence-corrected chi connectivity index (χ1v) is 13.7. The van der Waals surface area contributed by atoms with Gasteiger partial charge in [-0.1, -0.05) is 20.8 Å². The summed E-state index contributed by atoms with van der Waals surface area (Å²) in [5.74, 6) is 1.08. The Balaban J connectivity index is 1.34. The van der Waals surface area contributed by atoms with Gasteiger partial charge in [-0.3, -0.25) is 0 Å². The van der Waals surface area contributed by atoms with Crippen molar-refractivity contribution in [1.29, 1.82) is 0 Å². The Morgan fingerprint density at radius 3 is 2.27 bits per heavy atom. The van der Waals surface area contributed by atoms with Gasteiger partial charge in [0.2, 0.25) is 0 Å². The molecule has 188 valence electrons. The van der Waals surface area contributed by atoms with Crippen molar-refractivity contribution >= 4 is 0 Å². The molecule has 0 aromatic carbocycles. The largest absolute Gasteiger partial charge is 0.393 e. The van der Waals surface area contributed by atoms with Gasteiger partial charge < -0.3 is 24.8 Å². The second-order valence-electron chi connectivity index (χ2n) is 14.4. The minimum atomic E-state index is -1.08. The first-order valence-electron chi connectivity index (χ1n) is 13.7. The Morgan fingerprint density at radius 2 is 1.61 bits per heavy atom. The van der Waals surface area contributed by atoms with Crippen LogP contribution in [0.1, 0.15) is 92.9 Å². The molecule has 5 heteroatoms. The molecule has 0 aromatic rings. The van der Waals surface area contributed by atoms with Gasteiger partial charge in [-0.2, -0.15) is 0 Å². The molecule has 2 heterocycles. The molecule has 13 atom stereocenters. The van der Waals surface area contributed by atoms with Crippen LogP contribution in [-0.2, 0) is 9.47 Å². The van der Waals surface area contributed by atoms with Crippen LogP contribution >= 0.6 is 0 Å². The molecule has 1 spiro atoms. The number of fused-ring (bicyclic) bond motifs is 7. The standard InChI is InChI=1S/C28H46O5/c1-15-13-28(33-24(15,2)3)27(6,31)23-21(32-28)12-19-18-8-7-16-11-17(29)9-10-25(16,4)22(18)20(30)14-26(19,23)5/h15-23,29-31H,7-14H2,1-6H3/t15-,16-,17+,18-,19-,20-,21+,22+,23-,25-,26-,27+,28-/m0/s1. The zero-order valence-electron chi connectivity index (χ0n) is 21.5. The van der Waals surface area contributed by atoms with Crippen LogP contribution in [0.4, 0.5) is 0 Å². The highest BCUT2D eigenvalue weighted by Gasteiger charge is 2.77. The van der Waals surface area contributed by atoms with E-state index >= 15 is 0 Å². The highest BCUT2D eigenvalue weighted by atomic mass is 16.7. The summed E-state index contributed by atoms with van der Waals surface area (Å²) in [6, 6.07) is 0. The molecule has 0 radical (unpaired) electrons. The van der Waals surface area contributed by atoms with Gasteiger partial charge in [0.25, 0.3) is 0 Å². The fourth-order valence-electron chi connectivity index (χ4n) is 10.7. The maximum absolute atomic E-state index is 12.2. The molecule has 0 amide bonds. The predicted molar refractivity (Wildman–Crippen MR) is 125 cm³/mol. The first-order chi connectivity index (χ1) is 15.3. The summed E-state index contributed by atoms with van der Waals surface area (Å²) in [7, 11) is 0. The molecule has 5 nitrogen and oxygen atoms in total. The second kappa shape index (κ2) is 6.76. The molecular weight excluding hydrogens is 416 g/mol. The Labute approximate surface area is 199 Å². The van der Waals surface area contributed by atoms with E-state index < -0.39 is 11.4 Å². The van der Waals surface area contributed by atoms with E-state index in [0.717, 1.165) is 51.4 Å². The number of hydrogen-bond donors (Lipinski definition) is 3. The number of rotatable bonds is 0. The molecule has 0 unspecified atom stereocenters. The third-order valence-corrected chi connectivity index (χ3v) is 12.5. The predicted octanol–water partition coefficient (Wildman–Crippen LogP) is 4.27. The van der Waals surface area contributed by atoms with Crippen LogP contribution in [0.5, 0.6) is 0 Å². The minimum absolute atomic E-state index is 0.0132. The molecule has 6 fully saturated rings. The third-order valence-electron chi connectivity index (χ3n) is 12.5.